The Bertz CT molecular complexity index is 1360. The fourth-order valence-electron chi connectivity index (χ4n) is 3.80. The second kappa shape index (κ2) is 9.36. The van der Waals surface area contributed by atoms with E-state index < -0.39 is 18.2 Å². The fourth-order valence-corrected chi connectivity index (χ4v) is 4.21. The van der Waals surface area contributed by atoms with Gasteiger partial charge in [-0.15, -0.1) is 9.70 Å². The number of aromatic nitrogens is 7. The van der Waals surface area contributed by atoms with Crippen LogP contribution >= 0.6 is 23.2 Å². The summed E-state index contributed by atoms with van der Waals surface area (Å²) in [5.41, 5.74) is -1.33. The minimum absolute atomic E-state index is 0.0104. The first kappa shape index (κ1) is 24.8. The Morgan fingerprint density at radius 1 is 1.17 bits per heavy atom. The van der Waals surface area contributed by atoms with E-state index >= 15 is 0 Å². The molecule has 5 rings (SSSR count). The van der Waals surface area contributed by atoms with E-state index in [-0.39, 0.29) is 33.7 Å². The van der Waals surface area contributed by atoms with E-state index in [9.17, 15) is 18.1 Å². The maximum Gasteiger partial charge on any atom is 0.403 e. The third-order valence-corrected chi connectivity index (χ3v) is 5.72. The molecule has 0 aromatic carbocycles. The lowest BCUT2D eigenvalue weighted by Gasteiger charge is -2.31. The van der Waals surface area contributed by atoms with Crippen molar-refractivity contribution in [3.8, 4) is 5.82 Å². The largest absolute Gasteiger partial charge is 0.403 e. The van der Waals surface area contributed by atoms with Crippen LogP contribution in [0.5, 0.6) is 0 Å². The van der Waals surface area contributed by atoms with Crippen LogP contribution in [0.15, 0.2) is 42.1 Å². The third kappa shape index (κ3) is 4.39. The monoisotopic (exact) mass is 529 g/mol. The molecule has 0 saturated heterocycles. The average Bonchev–Trinajstić information content (AvgIpc) is 3.52. The fraction of sp³-hybridized carbons (Fsp3) is 0.316. The Kier molecular flexibility index (Phi) is 6.62. The normalized spacial score (nSPS) is 17.3. The summed E-state index contributed by atoms with van der Waals surface area (Å²) in [6, 6.07) is 2.83. The molecule has 5 heterocycles. The van der Waals surface area contributed by atoms with Gasteiger partial charge in [0, 0.05) is 26.8 Å². The maximum atomic E-state index is 13.8. The first-order valence-corrected chi connectivity index (χ1v) is 10.5. The topological polar surface area (TPSA) is 116 Å². The molecule has 0 amide bonds. The van der Waals surface area contributed by atoms with Crippen molar-refractivity contribution in [2.45, 2.75) is 11.6 Å². The number of fused-ring (bicyclic) bond motifs is 3. The van der Waals surface area contributed by atoms with Crippen molar-refractivity contribution in [3.63, 3.8) is 0 Å². The quantitative estimate of drug-likeness (QED) is 0.364. The van der Waals surface area contributed by atoms with Gasteiger partial charge in [0.15, 0.2) is 22.0 Å². The summed E-state index contributed by atoms with van der Waals surface area (Å²) in [4.78, 5) is 20.9. The van der Waals surface area contributed by atoms with Crippen molar-refractivity contribution in [3.05, 3.63) is 57.7 Å². The van der Waals surface area contributed by atoms with Gasteiger partial charge in [-0.1, -0.05) is 23.2 Å². The number of ether oxygens (including phenoxy) is 1. The Hall–Kier alpha value is -3.36. The summed E-state index contributed by atoms with van der Waals surface area (Å²) in [5.74, 6) is 0.365. The average molecular weight is 530 g/mol. The van der Waals surface area contributed by atoms with E-state index in [0.717, 1.165) is 4.52 Å². The van der Waals surface area contributed by atoms with Crippen molar-refractivity contribution in [2.75, 3.05) is 32.2 Å². The molecule has 11 nitrogen and oxygen atoms in total. The van der Waals surface area contributed by atoms with Crippen molar-refractivity contribution in [2.24, 2.45) is 5.18 Å². The van der Waals surface area contributed by atoms with Gasteiger partial charge in [-0.3, -0.25) is 0 Å². The van der Waals surface area contributed by atoms with Crippen LogP contribution < -0.4 is 4.90 Å². The number of likely N-dealkylation sites (N-methyl/N-ethyl adjacent to an activating group) is 1. The van der Waals surface area contributed by atoms with Gasteiger partial charge in [0.25, 0.3) is 0 Å². The lowest BCUT2D eigenvalue weighted by atomic mass is 9.86. The predicted octanol–water partition coefficient (Wildman–Crippen LogP) is 3.99. The Morgan fingerprint density at radius 2 is 1.89 bits per heavy atom. The Morgan fingerprint density at radius 3 is 2.49 bits per heavy atom. The van der Waals surface area contributed by atoms with Crippen LogP contribution in [0.4, 0.5) is 24.5 Å². The molecule has 35 heavy (non-hydrogen) atoms. The van der Waals surface area contributed by atoms with Crippen LogP contribution in [0.1, 0.15) is 5.69 Å². The second-order valence-corrected chi connectivity index (χ2v) is 8.30. The van der Waals surface area contributed by atoms with Crippen LogP contribution in [-0.2, 0) is 10.2 Å². The molecular formula is C19H16Cl2F3N9O2. The van der Waals surface area contributed by atoms with Crippen molar-refractivity contribution >= 4 is 40.2 Å². The minimum atomic E-state index is -4.49. The Labute approximate surface area is 205 Å². The number of hydrogen-bond donors (Lipinski definition) is 0. The third-order valence-electron chi connectivity index (χ3n) is 5.26. The zero-order valence-corrected chi connectivity index (χ0v) is 19.6. The van der Waals surface area contributed by atoms with Gasteiger partial charge < -0.3 is 9.64 Å². The lowest BCUT2D eigenvalue weighted by Crippen LogP contribution is -2.50. The molecule has 0 spiro atoms. The van der Waals surface area contributed by atoms with Gasteiger partial charge >= 0.3 is 6.18 Å². The predicted molar refractivity (Wildman–Crippen MR) is 120 cm³/mol. The van der Waals surface area contributed by atoms with E-state index in [1.165, 1.54) is 53.7 Å². The molecule has 4 aromatic rings. The van der Waals surface area contributed by atoms with Gasteiger partial charge in [0.05, 0.1) is 47.8 Å². The lowest BCUT2D eigenvalue weighted by molar-refractivity contribution is -0.199. The van der Waals surface area contributed by atoms with Crippen LogP contribution in [-0.4, -0.2) is 68.1 Å². The number of nitrogens with zero attached hydrogens (tertiary/aromatic N) is 9. The number of halogens is 5. The highest BCUT2D eigenvalue weighted by atomic mass is 35.5. The molecule has 16 heteroatoms. The molecule has 0 radical (unpaired) electrons. The number of pyridine rings is 1. The summed E-state index contributed by atoms with van der Waals surface area (Å²) in [7, 11) is 2.83. The number of anilines is 1. The molecule has 1 aliphatic rings. The number of hydrogen-bond acceptors (Lipinski definition) is 9. The minimum Gasteiger partial charge on any atom is -0.383 e. The van der Waals surface area contributed by atoms with Crippen LogP contribution in [0.2, 0.25) is 10.2 Å². The highest BCUT2D eigenvalue weighted by Crippen LogP contribution is 2.49. The molecule has 0 saturated carbocycles. The molecule has 0 aliphatic carbocycles. The summed E-state index contributed by atoms with van der Waals surface area (Å²) < 4.78 is 47.4. The Balaban J connectivity index is 0.000000179. The van der Waals surface area contributed by atoms with Gasteiger partial charge in [0.2, 0.25) is 0 Å². The molecule has 0 bridgehead atoms. The van der Waals surface area contributed by atoms with E-state index in [4.69, 9.17) is 27.9 Å². The van der Waals surface area contributed by atoms with Crippen LogP contribution in [0.25, 0.3) is 11.5 Å². The zero-order chi connectivity index (χ0) is 25.4. The van der Waals surface area contributed by atoms with Crippen LogP contribution in [0, 0.1) is 4.91 Å². The van der Waals surface area contributed by atoms with Gasteiger partial charge in [-0.25, -0.2) is 14.5 Å². The highest BCUT2D eigenvalue weighted by Gasteiger charge is 2.62. The molecule has 1 atom stereocenters. The summed E-state index contributed by atoms with van der Waals surface area (Å²) in [6.07, 6.45) is 1.23. The van der Waals surface area contributed by atoms with Crippen molar-refractivity contribution < 1.29 is 17.9 Å². The highest BCUT2D eigenvalue weighted by molar-refractivity contribution is 6.32. The molecule has 0 fully saturated rings. The van der Waals surface area contributed by atoms with Crippen LogP contribution in [0.3, 0.4) is 0 Å². The zero-order valence-electron chi connectivity index (χ0n) is 18.1. The van der Waals surface area contributed by atoms with Crippen molar-refractivity contribution in [1.29, 1.82) is 0 Å². The smallest absolute Gasteiger partial charge is 0.383 e. The SMILES string of the molecule is COCC1(C(F)(F)F)CN(C)c2cnc3cc(Cl)nn3c21.O=Nc1cnc(-n2nccn2)c(Cl)c1. The molecule has 4 aromatic heterocycles. The number of alkyl halides is 3. The summed E-state index contributed by atoms with van der Waals surface area (Å²) in [5, 5.41) is 14.7. The molecule has 0 N–H and O–H groups in total. The van der Waals surface area contributed by atoms with Gasteiger partial charge in [-0.2, -0.15) is 28.5 Å². The summed E-state index contributed by atoms with van der Waals surface area (Å²) >= 11 is 11.6. The first-order valence-electron chi connectivity index (χ1n) is 9.78. The van der Waals surface area contributed by atoms with E-state index in [1.807, 2.05) is 0 Å². The number of methoxy groups -OCH3 is 1. The summed E-state index contributed by atoms with van der Waals surface area (Å²) in [6.45, 7) is -0.748. The first-order chi connectivity index (χ1) is 16.6. The molecule has 1 unspecified atom stereocenters. The van der Waals surface area contributed by atoms with Crippen molar-refractivity contribution in [1.82, 2.24) is 34.6 Å². The molecule has 1 aliphatic heterocycles. The van der Waals surface area contributed by atoms with Gasteiger partial charge in [0.1, 0.15) is 5.69 Å². The van der Waals surface area contributed by atoms with E-state index in [2.05, 4.69) is 30.4 Å². The number of nitroso groups, excluding NO2 is 1. The van der Waals surface area contributed by atoms with E-state index in [1.54, 1.807) is 7.05 Å². The van der Waals surface area contributed by atoms with Gasteiger partial charge in [-0.05, 0) is 11.2 Å². The van der Waals surface area contributed by atoms with E-state index in [0.29, 0.717) is 11.5 Å². The standard InChI is InChI=1S/C12H12ClF3N4O.C7H4ClN5O/c1-19-5-11(6-21-2,12(14,15)16)10-7(19)4-17-9-3-8(13)18-20(9)10;8-6-3-5(12-14)4-9-7(6)13-10-1-2-11-13/h3-4H,5-6H2,1-2H3;1-4H. The molecular weight excluding hydrogens is 514 g/mol. The number of rotatable bonds is 4. The second-order valence-electron chi connectivity index (χ2n) is 7.51. The molecule has 184 valence electrons. The maximum absolute atomic E-state index is 13.8.